The number of anilines is 2. The van der Waals surface area contributed by atoms with E-state index in [1.165, 1.54) is 11.8 Å². The van der Waals surface area contributed by atoms with Gasteiger partial charge in [0.1, 0.15) is 5.70 Å². The molecule has 0 aliphatic heterocycles. The summed E-state index contributed by atoms with van der Waals surface area (Å²) in [4.78, 5) is 39.2. The topological polar surface area (TPSA) is 87.3 Å². The molecule has 6 nitrogen and oxygen atoms in total. The quantitative estimate of drug-likeness (QED) is 0.170. The van der Waals surface area contributed by atoms with Crippen molar-refractivity contribution in [3.63, 3.8) is 0 Å². The number of carbonyl (C=O) groups is 3. The molecule has 0 aliphatic carbocycles. The molecule has 0 aliphatic rings. The summed E-state index contributed by atoms with van der Waals surface area (Å²) in [5, 5.41) is 8.51. The van der Waals surface area contributed by atoms with Crippen LogP contribution in [0.4, 0.5) is 11.4 Å². The Labute approximate surface area is 232 Å². The number of nitrogens with one attached hydrogen (secondary N) is 3. The second kappa shape index (κ2) is 13.3. The molecule has 0 saturated heterocycles. The zero-order valence-electron chi connectivity index (χ0n) is 21.7. The van der Waals surface area contributed by atoms with E-state index in [-0.39, 0.29) is 23.3 Å². The molecule has 4 aromatic carbocycles. The van der Waals surface area contributed by atoms with Crippen molar-refractivity contribution in [2.45, 2.75) is 18.7 Å². The standard InChI is InChI=1S/C32H29N3O3S/c1-22-17-23(2)19-27(18-22)33-30(36)21-39-28-15-13-26(14-16-28)34-32(38)29(20-24-9-5-3-6-10-24)35-31(37)25-11-7-4-8-12-25/h3-20H,21H2,1-2H3,(H,33,36)(H,34,38)(H,35,37)/b29-20-. The van der Waals surface area contributed by atoms with Crippen molar-refractivity contribution in [2.24, 2.45) is 0 Å². The van der Waals surface area contributed by atoms with Crippen LogP contribution in [0.2, 0.25) is 0 Å². The van der Waals surface area contributed by atoms with Gasteiger partial charge in [0.2, 0.25) is 5.91 Å². The number of benzene rings is 4. The van der Waals surface area contributed by atoms with Gasteiger partial charge in [0.25, 0.3) is 11.8 Å². The molecule has 0 fully saturated rings. The van der Waals surface area contributed by atoms with Gasteiger partial charge in [0.05, 0.1) is 5.75 Å². The van der Waals surface area contributed by atoms with Gasteiger partial charge in [-0.05, 0) is 85.1 Å². The molecule has 196 valence electrons. The first kappa shape index (κ1) is 27.4. The molecular formula is C32H29N3O3S. The average molecular weight is 536 g/mol. The second-order valence-corrected chi connectivity index (χ2v) is 10.0. The minimum absolute atomic E-state index is 0.0905. The van der Waals surface area contributed by atoms with Crippen molar-refractivity contribution in [3.8, 4) is 0 Å². The zero-order chi connectivity index (χ0) is 27.6. The highest BCUT2D eigenvalue weighted by atomic mass is 32.2. The van der Waals surface area contributed by atoms with Crippen molar-refractivity contribution in [2.75, 3.05) is 16.4 Å². The van der Waals surface area contributed by atoms with E-state index in [4.69, 9.17) is 0 Å². The number of hydrogen-bond acceptors (Lipinski definition) is 4. The Morgan fingerprint density at radius 3 is 1.97 bits per heavy atom. The Morgan fingerprint density at radius 2 is 1.33 bits per heavy atom. The summed E-state index contributed by atoms with van der Waals surface area (Å²) in [7, 11) is 0. The summed E-state index contributed by atoms with van der Waals surface area (Å²) in [6.07, 6.45) is 1.63. The van der Waals surface area contributed by atoms with Crippen LogP contribution in [-0.2, 0) is 9.59 Å². The number of aryl methyl sites for hydroxylation is 2. The van der Waals surface area contributed by atoms with Crippen molar-refractivity contribution >= 4 is 46.9 Å². The molecule has 0 atom stereocenters. The summed E-state index contributed by atoms with van der Waals surface area (Å²) in [6.45, 7) is 3.99. The second-order valence-electron chi connectivity index (χ2n) is 8.98. The van der Waals surface area contributed by atoms with Gasteiger partial charge in [-0.25, -0.2) is 0 Å². The third-order valence-corrected chi connectivity index (χ3v) is 6.64. The number of carbonyl (C=O) groups excluding carboxylic acids is 3. The Balaban J connectivity index is 1.38. The molecule has 4 rings (SSSR count). The minimum atomic E-state index is -0.448. The summed E-state index contributed by atoms with van der Waals surface area (Å²) in [6, 6.07) is 31.2. The maximum absolute atomic E-state index is 13.2. The van der Waals surface area contributed by atoms with Crippen molar-refractivity contribution < 1.29 is 14.4 Å². The third-order valence-electron chi connectivity index (χ3n) is 5.63. The number of thioether (sulfide) groups is 1. The van der Waals surface area contributed by atoms with Crippen molar-refractivity contribution in [3.05, 3.63) is 131 Å². The Bertz CT molecular complexity index is 1460. The predicted molar refractivity (Wildman–Crippen MR) is 159 cm³/mol. The molecule has 0 saturated carbocycles. The van der Waals surface area contributed by atoms with Gasteiger partial charge in [0.15, 0.2) is 0 Å². The summed E-state index contributed by atoms with van der Waals surface area (Å²) >= 11 is 1.40. The van der Waals surface area contributed by atoms with Crippen LogP contribution < -0.4 is 16.0 Å². The van der Waals surface area contributed by atoms with Crippen LogP contribution in [0.1, 0.15) is 27.0 Å². The van der Waals surface area contributed by atoms with Crippen LogP contribution in [0.25, 0.3) is 6.08 Å². The highest BCUT2D eigenvalue weighted by Crippen LogP contribution is 2.22. The molecule has 7 heteroatoms. The van der Waals surface area contributed by atoms with Gasteiger partial charge in [0, 0.05) is 21.8 Å². The van der Waals surface area contributed by atoms with Gasteiger partial charge in [-0.1, -0.05) is 54.6 Å². The molecule has 0 spiro atoms. The highest BCUT2D eigenvalue weighted by molar-refractivity contribution is 8.00. The average Bonchev–Trinajstić information content (AvgIpc) is 2.92. The lowest BCUT2D eigenvalue weighted by Gasteiger charge is -2.12. The molecule has 0 heterocycles. The first-order chi connectivity index (χ1) is 18.9. The first-order valence-electron chi connectivity index (χ1n) is 12.4. The molecule has 39 heavy (non-hydrogen) atoms. The van der Waals surface area contributed by atoms with Gasteiger partial charge in [-0.2, -0.15) is 0 Å². The molecule has 0 unspecified atom stereocenters. The van der Waals surface area contributed by atoms with E-state index in [2.05, 4.69) is 22.0 Å². The lowest BCUT2D eigenvalue weighted by Crippen LogP contribution is -2.30. The molecule has 4 aromatic rings. The molecule has 0 bridgehead atoms. The van der Waals surface area contributed by atoms with Gasteiger partial charge in [-0.15, -0.1) is 11.8 Å². The van der Waals surface area contributed by atoms with Crippen LogP contribution in [0, 0.1) is 13.8 Å². The van der Waals surface area contributed by atoms with Crippen LogP contribution in [0.3, 0.4) is 0 Å². The van der Waals surface area contributed by atoms with Crippen LogP contribution in [-0.4, -0.2) is 23.5 Å². The monoisotopic (exact) mass is 535 g/mol. The van der Waals surface area contributed by atoms with E-state index in [0.717, 1.165) is 27.3 Å². The van der Waals surface area contributed by atoms with E-state index < -0.39 is 5.91 Å². The molecule has 3 N–H and O–H groups in total. The van der Waals surface area contributed by atoms with Crippen LogP contribution in [0.15, 0.2) is 114 Å². The lowest BCUT2D eigenvalue weighted by atomic mass is 10.1. The van der Waals surface area contributed by atoms with Gasteiger partial charge in [-0.3, -0.25) is 14.4 Å². The predicted octanol–water partition coefficient (Wildman–Crippen LogP) is 6.44. The minimum Gasteiger partial charge on any atom is -0.325 e. The zero-order valence-corrected chi connectivity index (χ0v) is 22.5. The van der Waals surface area contributed by atoms with Gasteiger partial charge >= 0.3 is 0 Å². The highest BCUT2D eigenvalue weighted by Gasteiger charge is 2.15. The third kappa shape index (κ3) is 8.45. The Hall–Kier alpha value is -4.62. The van der Waals surface area contributed by atoms with Crippen LogP contribution in [0.5, 0.6) is 0 Å². The van der Waals surface area contributed by atoms with Crippen LogP contribution >= 0.6 is 11.8 Å². The summed E-state index contributed by atoms with van der Waals surface area (Å²) < 4.78 is 0. The number of amides is 3. The van der Waals surface area contributed by atoms with E-state index in [0.29, 0.717) is 11.3 Å². The fraction of sp³-hybridized carbons (Fsp3) is 0.0938. The van der Waals surface area contributed by atoms with E-state index in [1.54, 1.807) is 42.5 Å². The smallest absolute Gasteiger partial charge is 0.272 e. The number of rotatable bonds is 9. The lowest BCUT2D eigenvalue weighted by molar-refractivity contribution is -0.114. The first-order valence-corrected chi connectivity index (χ1v) is 13.4. The van der Waals surface area contributed by atoms with E-state index in [9.17, 15) is 14.4 Å². The number of hydrogen-bond donors (Lipinski definition) is 3. The molecule has 3 amide bonds. The molecule has 0 radical (unpaired) electrons. The maximum atomic E-state index is 13.2. The van der Waals surface area contributed by atoms with Gasteiger partial charge < -0.3 is 16.0 Å². The fourth-order valence-corrected chi connectivity index (χ4v) is 4.58. The molecule has 0 aromatic heterocycles. The Kier molecular flexibility index (Phi) is 9.32. The summed E-state index contributed by atoms with van der Waals surface area (Å²) in [5.41, 5.74) is 4.89. The summed E-state index contributed by atoms with van der Waals surface area (Å²) in [5.74, 6) is -0.656. The molecular weight excluding hydrogens is 506 g/mol. The van der Waals surface area contributed by atoms with Crippen molar-refractivity contribution in [1.82, 2.24) is 5.32 Å². The van der Waals surface area contributed by atoms with Crippen molar-refractivity contribution in [1.29, 1.82) is 0 Å². The normalized spacial score (nSPS) is 11.0. The van der Waals surface area contributed by atoms with E-state index >= 15 is 0 Å². The van der Waals surface area contributed by atoms with E-state index in [1.807, 2.05) is 74.5 Å². The largest absolute Gasteiger partial charge is 0.325 e. The maximum Gasteiger partial charge on any atom is 0.272 e. The fourth-order valence-electron chi connectivity index (χ4n) is 3.88. The SMILES string of the molecule is Cc1cc(C)cc(NC(=O)CSc2ccc(NC(=O)/C(=C/c3ccccc3)NC(=O)c3ccccc3)cc2)c1. The Morgan fingerprint density at radius 1 is 0.718 bits per heavy atom.